The second-order valence-corrected chi connectivity index (χ2v) is 8.29. The van der Waals surface area contributed by atoms with Crippen LogP contribution in [0.1, 0.15) is 62.1 Å². The highest BCUT2D eigenvalue weighted by atomic mass is 15.4. The van der Waals surface area contributed by atoms with Gasteiger partial charge in [0.05, 0.1) is 6.04 Å². The molecule has 28 heavy (non-hydrogen) atoms. The number of benzene rings is 1. The van der Waals surface area contributed by atoms with Crippen LogP contribution in [-0.2, 0) is 6.42 Å². The molecule has 0 radical (unpaired) electrons. The number of aromatic nitrogens is 3. The lowest BCUT2D eigenvalue weighted by Crippen LogP contribution is -2.34. The fourth-order valence-electron chi connectivity index (χ4n) is 4.75. The van der Waals surface area contributed by atoms with E-state index in [4.69, 9.17) is 15.0 Å². The number of piperidine rings is 2. The molecule has 1 unspecified atom stereocenters. The summed E-state index contributed by atoms with van der Waals surface area (Å²) in [7, 11) is 0. The van der Waals surface area contributed by atoms with Crippen LogP contribution >= 0.6 is 0 Å². The third-order valence-electron chi connectivity index (χ3n) is 6.33. The monoisotopic (exact) mass is 378 g/mol. The van der Waals surface area contributed by atoms with Gasteiger partial charge >= 0.3 is 0 Å². The Morgan fingerprint density at radius 3 is 2.00 bits per heavy atom. The van der Waals surface area contributed by atoms with Crippen molar-refractivity contribution in [1.29, 1.82) is 0 Å². The molecule has 5 rings (SSSR count). The van der Waals surface area contributed by atoms with Gasteiger partial charge in [-0.1, -0.05) is 24.3 Å². The lowest BCUT2D eigenvalue weighted by atomic mass is 10.1. The van der Waals surface area contributed by atoms with Gasteiger partial charge in [-0.3, -0.25) is 0 Å². The van der Waals surface area contributed by atoms with Crippen molar-refractivity contribution in [3.8, 4) is 0 Å². The van der Waals surface area contributed by atoms with Gasteiger partial charge in [0.15, 0.2) is 0 Å². The van der Waals surface area contributed by atoms with Gasteiger partial charge in [0.25, 0.3) is 0 Å². The highest BCUT2D eigenvalue weighted by molar-refractivity contribution is 5.48. The van der Waals surface area contributed by atoms with Crippen molar-refractivity contribution in [1.82, 2.24) is 15.0 Å². The quantitative estimate of drug-likeness (QED) is 0.869. The molecule has 6 nitrogen and oxygen atoms in total. The van der Waals surface area contributed by atoms with E-state index in [0.717, 1.165) is 56.9 Å². The first-order valence-corrected chi connectivity index (χ1v) is 11.0. The van der Waals surface area contributed by atoms with E-state index in [2.05, 4.69) is 39.4 Å². The number of nitrogens with one attached hydrogen (secondary N) is 1. The summed E-state index contributed by atoms with van der Waals surface area (Å²) < 4.78 is 0. The van der Waals surface area contributed by atoms with Gasteiger partial charge < -0.3 is 15.1 Å². The number of rotatable bonds is 4. The molecule has 0 bridgehead atoms. The summed E-state index contributed by atoms with van der Waals surface area (Å²) in [4.78, 5) is 19.3. The highest BCUT2D eigenvalue weighted by Crippen LogP contribution is 2.33. The Bertz CT molecular complexity index is 774. The molecule has 2 aliphatic heterocycles. The van der Waals surface area contributed by atoms with E-state index < -0.39 is 0 Å². The molecule has 1 aromatic carbocycles. The molecule has 2 aromatic rings. The number of hydrogen-bond acceptors (Lipinski definition) is 6. The van der Waals surface area contributed by atoms with E-state index in [1.807, 2.05) is 0 Å². The molecule has 0 saturated carbocycles. The first-order chi connectivity index (χ1) is 13.9. The first-order valence-electron chi connectivity index (χ1n) is 11.0. The van der Waals surface area contributed by atoms with Gasteiger partial charge in [-0.2, -0.15) is 15.0 Å². The van der Waals surface area contributed by atoms with E-state index in [9.17, 15) is 0 Å². The van der Waals surface area contributed by atoms with Crippen molar-refractivity contribution in [2.75, 3.05) is 41.3 Å². The largest absolute Gasteiger partial charge is 0.347 e. The zero-order valence-electron chi connectivity index (χ0n) is 16.6. The average molecular weight is 379 g/mol. The van der Waals surface area contributed by atoms with E-state index in [1.54, 1.807) is 0 Å². The van der Waals surface area contributed by atoms with E-state index in [0.29, 0.717) is 6.04 Å². The maximum atomic E-state index is 4.89. The summed E-state index contributed by atoms with van der Waals surface area (Å²) in [5.41, 5.74) is 2.84. The van der Waals surface area contributed by atoms with E-state index >= 15 is 0 Å². The molecule has 6 heteroatoms. The molecule has 2 saturated heterocycles. The van der Waals surface area contributed by atoms with Gasteiger partial charge in [0, 0.05) is 26.2 Å². The smallest absolute Gasteiger partial charge is 0.231 e. The summed E-state index contributed by atoms with van der Waals surface area (Å²) in [6, 6.07) is 9.03. The molecular weight excluding hydrogens is 348 g/mol. The number of fused-ring (bicyclic) bond motifs is 1. The molecule has 2 fully saturated rings. The average Bonchev–Trinajstić information content (AvgIpc) is 3.18. The van der Waals surface area contributed by atoms with Crippen LogP contribution in [0, 0.1) is 0 Å². The Kier molecular flexibility index (Phi) is 5.02. The number of hydrogen-bond donors (Lipinski definition) is 1. The van der Waals surface area contributed by atoms with Crippen LogP contribution in [0.4, 0.5) is 17.8 Å². The molecule has 0 amide bonds. The Morgan fingerprint density at radius 1 is 0.750 bits per heavy atom. The molecule has 0 spiro atoms. The lowest BCUT2D eigenvalue weighted by molar-refractivity contribution is 0.556. The molecule has 1 atom stereocenters. The van der Waals surface area contributed by atoms with Gasteiger partial charge in [0.1, 0.15) is 0 Å². The van der Waals surface area contributed by atoms with Crippen LogP contribution < -0.4 is 15.1 Å². The van der Waals surface area contributed by atoms with Gasteiger partial charge in [-0.15, -0.1) is 0 Å². The molecule has 148 valence electrons. The predicted octanol–water partition coefficient (Wildman–Crippen LogP) is 3.95. The Labute approximate surface area is 167 Å². The van der Waals surface area contributed by atoms with Crippen molar-refractivity contribution >= 4 is 17.8 Å². The molecular formula is C22H30N6. The first kappa shape index (κ1) is 17.7. The minimum absolute atomic E-state index is 0.294. The van der Waals surface area contributed by atoms with E-state index in [1.165, 1.54) is 49.7 Å². The van der Waals surface area contributed by atoms with Crippen LogP contribution in [0.25, 0.3) is 0 Å². The minimum Gasteiger partial charge on any atom is -0.347 e. The highest BCUT2D eigenvalue weighted by Gasteiger charge is 2.25. The van der Waals surface area contributed by atoms with E-state index in [-0.39, 0.29) is 0 Å². The minimum atomic E-state index is 0.294. The van der Waals surface area contributed by atoms with Crippen LogP contribution in [0.5, 0.6) is 0 Å². The maximum absolute atomic E-state index is 4.89. The fraction of sp³-hybridized carbons (Fsp3) is 0.591. The van der Waals surface area contributed by atoms with Crippen LogP contribution in [0.15, 0.2) is 24.3 Å². The van der Waals surface area contributed by atoms with Gasteiger partial charge in [-0.25, -0.2) is 0 Å². The number of aryl methyl sites for hydroxylation is 1. The van der Waals surface area contributed by atoms with Crippen molar-refractivity contribution in [2.45, 2.75) is 57.4 Å². The normalized spacial score (nSPS) is 22.2. The van der Waals surface area contributed by atoms with Crippen molar-refractivity contribution in [2.24, 2.45) is 0 Å². The van der Waals surface area contributed by atoms with Crippen LogP contribution in [-0.4, -0.2) is 41.1 Å². The zero-order valence-corrected chi connectivity index (χ0v) is 16.6. The topological polar surface area (TPSA) is 57.2 Å². The molecule has 1 aliphatic carbocycles. The van der Waals surface area contributed by atoms with Crippen molar-refractivity contribution < 1.29 is 0 Å². The van der Waals surface area contributed by atoms with Crippen LogP contribution in [0.3, 0.4) is 0 Å². The molecule has 3 aliphatic rings. The van der Waals surface area contributed by atoms with Crippen LogP contribution in [0.2, 0.25) is 0 Å². The third-order valence-corrected chi connectivity index (χ3v) is 6.33. The summed E-state index contributed by atoms with van der Waals surface area (Å²) >= 11 is 0. The Morgan fingerprint density at radius 2 is 1.36 bits per heavy atom. The lowest BCUT2D eigenvalue weighted by Gasteiger charge is -2.30. The zero-order chi connectivity index (χ0) is 18.8. The second kappa shape index (κ2) is 7.94. The summed E-state index contributed by atoms with van der Waals surface area (Å²) in [6.45, 7) is 4.20. The van der Waals surface area contributed by atoms with Crippen molar-refractivity contribution in [3.05, 3.63) is 35.4 Å². The summed E-state index contributed by atoms with van der Waals surface area (Å²) in [5, 5.41) is 3.64. The number of anilines is 3. The third kappa shape index (κ3) is 3.64. The fourth-order valence-corrected chi connectivity index (χ4v) is 4.75. The van der Waals surface area contributed by atoms with Gasteiger partial charge in [0.2, 0.25) is 17.8 Å². The summed E-state index contributed by atoms with van der Waals surface area (Å²) in [5.74, 6) is 2.44. The van der Waals surface area contributed by atoms with Gasteiger partial charge in [-0.05, 0) is 62.5 Å². The Hall–Kier alpha value is -2.37. The molecule has 3 heterocycles. The SMILES string of the molecule is c1ccc2c(c1)CCC2Nc1nc(N2CCCCC2)nc(N2CCCCC2)n1. The second-order valence-electron chi connectivity index (χ2n) is 8.29. The standard InChI is InChI=1S/C22H30N6/c1-5-13-27(14-6-1)21-24-20(25-22(26-21)28-15-7-2-8-16-28)23-19-12-11-17-9-3-4-10-18(17)19/h3-4,9-10,19H,1-2,5-8,11-16H2,(H,23,24,25,26). The summed E-state index contributed by atoms with van der Waals surface area (Å²) in [6.07, 6.45) is 9.75. The molecule has 1 N–H and O–H groups in total. The predicted molar refractivity (Wildman–Crippen MR) is 113 cm³/mol. The molecule has 1 aromatic heterocycles. The maximum Gasteiger partial charge on any atom is 0.231 e. The number of nitrogens with zero attached hydrogens (tertiary/aromatic N) is 5. The Balaban J connectivity index is 1.44. The van der Waals surface area contributed by atoms with Crippen molar-refractivity contribution in [3.63, 3.8) is 0 Å².